The van der Waals surface area contributed by atoms with Gasteiger partial charge in [-0.15, -0.1) is 47.5 Å². The van der Waals surface area contributed by atoms with Gasteiger partial charge >= 0.3 is 6.09 Å². The van der Waals surface area contributed by atoms with E-state index in [1.54, 1.807) is 45.6 Å². The molecule has 0 saturated carbocycles. The van der Waals surface area contributed by atoms with Gasteiger partial charge in [0.05, 0.1) is 0 Å². The van der Waals surface area contributed by atoms with E-state index >= 15 is 0 Å². The molecule has 3 amide bonds. The number of aryl methyl sites for hydroxylation is 2. The Morgan fingerprint density at radius 3 is 1.34 bits per heavy atom. The number of hydrogen-bond donors (Lipinski definition) is 3. The summed E-state index contributed by atoms with van der Waals surface area (Å²) in [6, 6.07) is 36.4. The summed E-state index contributed by atoms with van der Waals surface area (Å²) in [7, 11) is 0. The second kappa shape index (κ2) is 22.2. The van der Waals surface area contributed by atoms with Crippen LogP contribution >= 0.6 is 0 Å². The number of hydrogen-bond acceptors (Lipinski definition) is 8. The number of alkyl carbamates (subject to hydrolysis) is 1. The Morgan fingerprint density at radius 2 is 0.984 bits per heavy atom. The number of unbranched alkanes of at least 4 members (excludes halogenated alkanes) is 1. The zero-order valence-electron chi connectivity index (χ0n) is 36.0. The number of nitrogens with one attached hydrogen (secondary N) is 3. The Bertz CT molecular complexity index is 2240. The third-order valence-electron chi connectivity index (χ3n) is 10.0. The van der Waals surface area contributed by atoms with Crippen LogP contribution in [0.1, 0.15) is 77.3 Å². The largest absolute Gasteiger partial charge is 0.444 e. The monoisotopic (exact) mass is 829 g/mol. The minimum absolute atomic E-state index is 0.266. The second-order valence-corrected chi connectivity index (χ2v) is 16.2. The van der Waals surface area contributed by atoms with Crippen LogP contribution < -0.4 is 16.0 Å². The molecule has 2 atom stereocenters. The van der Waals surface area contributed by atoms with Gasteiger partial charge in [0, 0.05) is 54.1 Å². The summed E-state index contributed by atoms with van der Waals surface area (Å²) in [6.07, 6.45) is 11.0. The van der Waals surface area contributed by atoms with Crippen molar-refractivity contribution in [1.82, 2.24) is 35.9 Å². The Labute approximate surface area is 365 Å². The molecule has 0 radical (unpaired) electrons. The summed E-state index contributed by atoms with van der Waals surface area (Å²) < 4.78 is 5.59. The predicted octanol–water partition coefficient (Wildman–Crippen LogP) is 9.17. The van der Waals surface area contributed by atoms with Crippen molar-refractivity contribution in [1.29, 1.82) is 0 Å². The molecule has 62 heavy (non-hydrogen) atoms. The highest BCUT2D eigenvalue weighted by Gasteiger charge is 2.28. The van der Waals surface area contributed by atoms with E-state index in [0.717, 1.165) is 69.0 Å². The fourth-order valence-corrected chi connectivity index (χ4v) is 6.98. The van der Waals surface area contributed by atoms with Crippen LogP contribution in [0.3, 0.4) is 0 Å². The van der Waals surface area contributed by atoms with Gasteiger partial charge in [0.15, 0.2) is 0 Å². The lowest BCUT2D eigenvalue weighted by atomic mass is 9.96. The molecule has 6 rings (SSSR count). The number of pyridine rings is 4. The fraction of sp³-hybridized carbons (Fsp3) is 0.314. The maximum Gasteiger partial charge on any atom is 0.408 e. The number of nitrogens with zero attached hydrogens (tertiary/aromatic N) is 4. The molecule has 4 aromatic heterocycles. The van der Waals surface area contributed by atoms with Gasteiger partial charge in [-0.1, -0.05) is 84.1 Å². The molecule has 4 heterocycles. The maximum absolute atomic E-state index is 14.2. The Balaban J connectivity index is 1.20. The van der Waals surface area contributed by atoms with E-state index < -0.39 is 29.7 Å². The Morgan fingerprint density at radius 1 is 0.581 bits per heavy atom. The molecule has 2 aromatic carbocycles. The topological polar surface area (TPSA) is 148 Å². The average Bonchev–Trinajstić information content (AvgIpc) is 3.28. The molecule has 11 heteroatoms. The van der Waals surface area contributed by atoms with Gasteiger partial charge in [0.2, 0.25) is 11.8 Å². The first-order valence-corrected chi connectivity index (χ1v) is 21.4. The van der Waals surface area contributed by atoms with Crippen LogP contribution in [-0.2, 0) is 27.2 Å². The maximum atomic E-state index is 14.2. The number of carbonyl (C=O) groups is 3. The summed E-state index contributed by atoms with van der Waals surface area (Å²) in [6.45, 7) is 7.86. The van der Waals surface area contributed by atoms with Gasteiger partial charge in [-0.05, 0) is 90.0 Å². The highest BCUT2D eigenvalue weighted by atomic mass is 16.6. The fourth-order valence-electron chi connectivity index (χ4n) is 6.98. The summed E-state index contributed by atoms with van der Waals surface area (Å²) in [5, 5.41) is 8.83. The average molecular weight is 830 g/mol. The zero-order valence-corrected chi connectivity index (χ0v) is 36.0. The van der Waals surface area contributed by atoms with Crippen LogP contribution in [0.15, 0.2) is 122 Å². The van der Waals surface area contributed by atoms with Crippen molar-refractivity contribution >= 4 is 17.9 Å². The van der Waals surface area contributed by atoms with Gasteiger partial charge in [-0.3, -0.25) is 29.5 Å². The molecule has 320 valence electrons. The molecular formula is C51H55N7O4-2. The van der Waals surface area contributed by atoms with Gasteiger partial charge in [-0.2, -0.15) is 0 Å². The molecule has 0 saturated heterocycles. The highest BCUT2D eigenvalue weighted by molar-refractivity contribution is 5.91. The van der Waals surface area contributed by atoms with E-state index in [2.05, 4.69) is 67.1 Å². The molecular weight excluding hydrogens is 775 g/mol. The van der Waals surface area contributed by atoms with Crippen molar-refractivity contribution in [2.24, 2.45) is 0 Å². The summed E-state index contributed by atoms with van der Waals surface area (Å²) in [4.78, 5) is 59.4. The first-order valence-electron chi connectivity index (χ1n) is 21.4. The SMILES string of the molecule is CCCCNC(=O)[C@H](CCCc1cc(-c2ccccn2)[c-]c(-c2ccccn2)c1)NC(=O)[C@H](CCCc1cc(-c2ccccn2)[c-]c(-c2ccccn2)c1)NC(=O)OC(C)(C)C. The first kappa shape index (κ1) is 44.8. The second-order valence-electron chi connectivity index (χ2n) is 16.2. The molecule has 0 aliphatic rings. The van der Waals surface area contributed by atoms with Crippen LogP contribution in [0, 0.1) is 12.1 Å². The van der Waals surface area contributed by atoms with Crippen LogP contribution in [-0.4, -0.2) is 62.1 Å². The van der Waals surface area contributed by atoms with E-state index in [9.17, 15) is 14.4 Å². The van der Waals surface area contributed by atoms with Crippen molar-refractivity contribution in [3.8, 4) is 45.0 Å². The number of ether oxygens (including phenoxy) is 1. The van der Waals surface area contributed by atoms with Crippen LogP contribution in [0.5, 0.6) is 0 Å². The molecule has 0 aliphatic heterocycles. The third kappa shape index (κ3) is 13.6. The Hall–Kier alpha value is -6.75. The lowest BCUT2D eigenvalue weighted by Gasteiger charge is -2.26. The van der Waals surface area contributed by atoms with Gasteiger partial charge in [-0.25, -0.2) is 4.79 Å². The minimum Gasteiger partial charge on any atom is -0.444 e. The lowest BCUT2D eigenvalue weighted by Crippen LogP contribution is -2.54. The highest BCUT2D eigenvalue weighted by Crippen LogP contribution is 2.28. The summed E-state index contributed by atoms with van der Waals surface area (Å²) >= 11 is 0. The first-order chi connectivity index (χ1) is 30.0. The molecule has 0 aliphatic carbocycles. The molecule has 0 unspecified atom stereocenters. The minimum atomic E-state index is -0.969. The Kier molecular flexibility index (Phi) is 16.0. The van der Waals surface area contributed by atoms with E-state index in [1.165, 1.54) is 0 Å². The van der Waals surface area contributed by atoms with E-state index in [4.69, 9.17) is 4.74 Å². The molecule has 11 nitrogen and oxygen atoms in total. The van der Waals surface area contributed by atoms with Gasteiger partial charge < -0.3 is 20.7 Å². The van der Waals surface area contributed by atoms with Gasteiger partial charge in [0.25, 0.3) is 0 Å². The summed E-state index contributed by atoms with van der Waals surface area (Å²) in [5.74, 6) is -0.724. The normalized spacial score (nSPS) is 12.2. The zero-order chi connectivity index (χ0) is 43.7. The predicted molar refractivity (Wildman–Crippen MR) is 242 cm³/mol. The molecule has 0 bridgehead atoms. The van der Waals surface area contributed by atoms with Crippen molar-refractivity contribution < 1.29 is 19.1 Å². The third-order valence-corrected chi connectivity index (χ3v) is 10.0. The molecule has 3 N–H and O–H groups in total. The number of amides is 3. The van der Waals surface area contributed by atoms with Crippen LogP contribution in [0.4, 0.5) is 4.79 Å². The smallest absolute Gasteiger partial charge is 0.408 e. The quantitative estimate of drug-likeness (QED) is 0.0541. The van der Waals surface area contributed by atoms with Crippen molar-refractivity contribution in [3.63, 3.8) is 0 Å². The van der Waals surface area contributed by atoms with Crippen molar-refractivity contribution in [3.05, 3.63) is 145 Å². The molecule has 0 fully saturated rings. The number of benzene rings is 2. The number of carbonyl (C=O) groups excluding carboxylic acids is 3. The van der Waals surface area contributed by atoms with E-state index in [1.807, 2.05) is 84.9 Å². The lowest BCUT2D eigenvalue weighted by molar-refractivity contribution is -0.130. The molecule has 0 spiro atoms. The van der Waals surface area contributed by atoms with Crippen molar-refractivity contribution in [2.75, 3.05) is 6.54 Å². The van der Waals surface area contributed by atoms with Crippen LogP contribution in [0.25, 0.3) is 45.0 Å². The molecule has 6 aromatic rings. The standard InChI is InChI=1S/C51H55N7O4/c1-5-6-25-56-48(59)46(23-15-17-36-30-38(42-19-7-11-26-52-42)34-39(31-36)43-20-8-12-27-53-43)57-49(60)47(58-50(61)62-51(2,3)4)24-16-18-37-32-40(44-21-9-13-28-54-44)35-41(33-37)45-22-10-14-29-55-45/h7-14,19-22,26-33,46-47H,5-6,15-18,23-25H2,1-4H3,(H,56,59)(H,57,60)(H,58,61)/q-2/t46-,47-/m0/s1. The van der Waals surface area contributed by atoms with Crippen LogP contribution in [0.2, 0.25) is 0 Å². The number of aromatic nitrogens is 4. The van der Waals surface area contributed by atoms with Gasteiger partial charge in [0.1, 0.15) is 17.7 Å². The van der Waals surface area contributed by atoms with E-state index in [0.29, 0.717) is 45.1 Å². The van der Waals surface area contributed by atoms with E-state index in [-0.39, 0.29) is 5.91 Å². The van der Waals surface area contributed by atoms with Crippen molar-refractivity contribution in [2.45, 2.75) is 96.7 Å². The number of rotatable bonds is 19. The summed E-state index contributed by atoms with van der Waals surface area (Å²) in [5.41, 5.74) is 7.76.